The number of hydrogen-bond acceptors (Lipinski definition) is 3. The van der Waals surface area contributed by atoms with Gasteiger partial charge in [0.15, 0.2) is 0 Å². The average Bonchev–Trinajstić information content (AvgIpc) is 2.72. The minimum absolute atomic E-state index is 0.601. The van der Waals surface area contributed by atoms with Crippen LogP contribution in [0, 0.1) is 11.8 Å². The SMILES string of the molecule is COCCn1cc(NC2CC(C)CC(C)C2)cn1. The number of aromatic nitrogens is 2. The molecule has 102 valence electrons. The summed E-state index contributed by atoms with van der Waals surface area (Å²) in [5.74, 6) is 1.66. The molecule has 0 saturated heterocycles. The summed E-state index contributed by atoms with van der Waals surface area (Å²) in [4.78, 5) is 0. The van der Waals surface area contributed by atoms with Crippen LogP contribution in [0.4, 0.5) is 5.69 Å². The molecule has 1 saturated carbocycles. The summed E-state index contributed by atoms with van der Waals surface area (Å²) in [6, 6.07) is 0.601. The molecule has 0 aliphatic heterocycles. The summed E-state index contributed by atoms with van der Waals surface area (Å²) in [7, 11) is 1.72. The molecule has 0 aromatic carbocycles. The number of methoxy groups -OCH3 is 1. The van der Waals surface area contributed by atoms with Crippen LogP contribution >= 0.6 is 0 Å². The molecule has 0 radical (unpaired) electrons. The van der Waals surface area contributed by atoms with E-state index in [4.69, 9.17) is 4.74 Å². The molecule has 2 atom stereocenters. The number of nitrogens with zero attached hydrogens (tertiary/aromatic N) is 2. The Balaban J connectivity index is 1.86. The Morgan fingerprint density at radius 2 is 2.06 bits per heavy atom. The highest BCUT2D eigenvalue weighted by atomic mass is 16.5. The quantitative estimate of drug-likeness (QED) is 0.874. The molecule has 1 aromatic heterocycles. The van der Waals surface area contributed by atoms with Gasteiger partial charge in [-0.3, -0.25) is 4.68 Å². The molecule has 0 amide bonds. The maximum atomic E-state index is 5.05. The molecule has 1 aliphatic carbocycles. The normalized spacial score (nSPS) is 28.3. The minimum atomic E-state index is 0.601. The zero-order valence-electron chi connectivity index (χ0n) is 11.7. The van der Waals surface area contributed by atoms with E-state index in [0.29, 0.717) is 12.6 Å². The zero-order valence-corrected chi connectivity index (χ0v) is 11.7. The zero-order chi connectivity index (χ0) is 13.0. The number of nitrogens with one attached hydrogen (secondary N) is 1. The van der Waals surface area contributed by atoms with Crippen LogP contribution in [0.2, 0.25) is 0 Å². The fraction of sp³-hybridized carbons (Fsp3) is 0.786. The summed E-state index contributed by atoms with van der Waals surface area (Å²) in [6.07, 6.45) is 7.90. The van der Waals surface area contributed by atoms with Crippen LogP contribution in [0.15, 0.2) is 12.4 Å². The van der Waals surface area contributed by atoms with Crippen LogP contribution in [0.1, 0.15) is 33.1 Å². The highest BCUT2D eigenvalue weighted by Crippen LogP contribution is 2.30. The third-order valence-corrected chi connectivity index (χ3v) is 3.71. The largest absolute Gasteiger partial charge is 0.383 e. The van der Waals surface area contributed by atoms with Crippen molar-refractivity contribution in [2.45, 2.75) is 45.7 Å². The lowest BCUT2D eigenvalue weighted by molar-refractivity contribution is 0.183. The standard InChI is InChI=1S/C14H25N3O/c1-11-6-12(2)8-13(7-11)16-14-9-15-17(10-14)4-5-18-3/h9-13,16H,4-8H2,1-3H3. The van der Waals surface area contributed by atoms with Gasteiger partial charge >= 0.3 is 0 Å². The first kappa shape index (κ1) is 13.4. The van der Waals surface area contributed by atoms with E-state index in [9.17, 15) is 0 Å². The Morgan fingerprint density at radius 3 is 2.72 bits per heavy atom. The van der Waals surface area contributed by atoms with Gasteiger partial charge in [0, 0.05) is 19.3 Å². The highest BCUT2D eigenvalue weighted by Gasteiger charge is 2.23. The second-order valence-corrected chi connectivity index (χ2v) is 5.74. The molecule has 1 N–H and O–H groups in total. The first-order valence-corrected chi connectivity index (χ1v) is 6.95. The van der Waals surface area contributed by atoms with Gasteiger partial charge < -0.3 is 10.1 Å². The fourth-order valence-electron chi connectivity index (χ4n) is 3.05. The van der Waals surface area contributed by atoms with Crippen molar-refractivity contribution < 1.29 is 4.74 Å². The first-order chi connectivity index (χ1) is 8.67. The van der Waals surface area contributed by atoms with E-state index >= 15 is 0 Å². The Morgan fingerprint density at radius 1 is 1.33 bits per heavy atom. The lowest BCUT2D eigenvalue weighted by atomic mass is 9.80. The molecule has 1 aliphatic rings. The van der Waals surface area contributed by atoms with Crippen molar-refractivity contribution in [1.29, 1.82) is 0 Å². The summed E-state index contributed by atoms with van der Waals surface area (Å²) < 4.78 is 6.98. The van der Waals surface area contributed by atoms with Gasteiger partial charge in [0.05, 0.1) is 25.0 Å². The van der Waals surface area contributed by atoms with E-state index < -0.39 is 0 Å². The van der Waals surface area contributed by atoms with Crippen LogP contribution in [0.5, 0.6) is 0 Å². The molecule has 0 bridgehead atoms. The number of anilines is 1. The Kier molecular flexibility index (Phi) is 4.64. The van der Waals surface area contributed by atoms with Gasteiger partial charge in [0.1, 0.15) is 0 Å². The van der Waals surface area contributed by atoms with E-state index in [-0.39, 0.29) is 0 Å². The molecule has 4 nitrogen and oxygen atoms in total. The monoisotopic (exact) mass is 251 g/mol. The van der Waals surface area contributed by atoms with Crippen LogP contribution in [-0.2, 0) is 11.3 Å². The van der Waals surface area contributed by atoms with Crippen molar-refractivity contribution in [3.63, 3.8) is 0 Å². The van der Waals surface area contributed by atoms with E-state index in [2.05, 4.69) is 30.5 Å². The van der Waals surface area contributed by atoms with Crippen molar-refractivity contribution in [3.05, 3.63) is 12.4 Å². The van der Waals surface area contributed by atoms with Crippen LogP contribution < -0.4 is 5.32 Å². The van der Waals surface area contributed by atoms with Crippen LogP contribution in [0.25, 0.3) is 0 Å². The third-order valence-electron chi connectivity index (χ3n) is 3.71. The number of ether oxygens (including phenoxy) is 1. The Labute approximate surface area is 110 Å². The predicted octanol–water partition coefficient (Wildman–Crippen LogP) is 2.77. The lowest BCUT2D eigenvalue weighted by Gasteiger charge is -2.32. The maximum absolute atomic E-state index is 5.05. The van der Waals surface area contributed by atoms with Gasteiger partial charge in [-0.25, -0.2) is 0 Å². The van der Waals surface area contributed by atoms with Crippen molar-refractivity contribution in [2.24, 2.45) is 11.8 Å². The second-order valence-electron chi connectivity index (χ2n) is 5.74. The minimum Gasteiger partial charge on any atom is -0.383 e. The molecule has 2 unspecified atom stereocenters. The number of rotatable bonds is 5. The van der Waals surface area contributed by atoms with E-state index in [1.807, 2.05) is 10.9 Å². The van der Waals surface area contributed by atoms with Gasteiger partial charge in [-0.15, -0.1) is 0 Å². The fourth-order valence-corrected chi connectivity index (χ4v) is 3.05. The van der Waals surface area contributed by atoms with Crippen LogP contribution in [0.3, 0.4) is 0 Å². The van der Waals surface area contributed by atoms with Gasteiger partial charge in [0.2, 0.25) is 0 Å². The summed E-state index contributed by atoms with van der Waals surface area (Å²) in [5, 5.41) is 7.95. The van der Waals surface area contributed by atoms with Crippen molar-refractivity contribution in [3.8, 4) is 0 Å². The van der Waals surface area contributed by atoms with Gasteiger partial charge in [-0.05, 0) is 31.1 Å². The summed E-state index contributed by atoms with van der Waals surface area (Å²) in [6.45, 7) is 6.23. The van der Waals surface area contributed by atoms with E-state index in [1.54, 1.807) is 7.11 Å². The topological polar surface area (TPSA) is 39.1 Å². The molecule has 18 heavy (non-hydrogen) atoms. The summed E-state index contributed by atoms with van der Waals surface area (Å²) in [5.41, 5.74) is 1.14. The smallest absolute Gasteiger partial charge is 0.0728 e. The molecular formula is C14H25N3O. The average molecular weight is 251 g/mol. The molecule has 1 fully saturated rings. The molecule has 1 aromatic rings. The van der Waals surface area contributed by atoms with Crippen molar-refractivity contribution in [1.82, 2.24) is 9.78 Å². The van der Waals surface area contributed by atoms with E-state index in [1.165, 1.54) is 19.3 Å². The van der Waals surface area contributed by atoms with Crippen LogP contribution in [-0.4, -0.2) is 29.5 Å². The first-order valence-electron chi connectivity index (χ1n) is 6.95. The molecule has 1 heterocycles. The molecular weight excluding hydrogens is 226 g/mol. The lowest BCUT2D eigenvalue weighted by Crippen LogP contribution is -2.30. The highest BCUT2D eigenvalue weighted by molar-refractivity contribution is 5.39. The molecule has 2 rings (SSSR count). The van der Waals surface area contributed by atoms with Crippen molar-refractivity contribution >= 4 is 5.69 Å². The van der Waals surface area contributed by atoms with Gasteiger partial charge in [-0.2, -0.15) is 5.10 Å². The van der Waals surface area contributed by atoms with Gasteiger partial charge in [-0.1, -0.05) is 13.8 Å². The maximum Gasteiger partial charge on any atom is 0.0728 e. The van der Waals surface area contributed by atoms with E-state index in [0.717, 1.165) is 24.1 Å². The molecule has 4 heteroatoms. The van der Waals surface area contributed by atoms with Crippen molar-refractivity contribution in [2.75, 3.05) is 19.0 Å². The Hall–Kier alpha value is -1.03. The third kappa shape index (κ3) is 3.73. The number of hydrogen-bond donors (Lipinski definition) is 1. The second kappa shape index (κ2) is 6.23. The molecule has 0 spiro atoms. The Bertz CT molecular complexity index is 354. The summed E-state index contributed by atoms with van der Waals surface area (Å²) >= 11 is 0. The van der Waals surface area contributed by atoms with Gasteiger partial charge in [0.25, 0.3) is 0 Å². The predicted molar refractivity (Wildman–Crippen MR) is 73.7 cm³/mol.